The Kier molecular flexibility index (Phi) is 6.90. The normalized spacial score (nSPS) is 51.9. The lowest BCUT2D eigenvalue weighted by atomic mass is 9.47. The van der Waals surface area contributed by atoms with Gasteiger partial charge < -0.3 is 24.1 Å². The summed E-state index contributed by atoms with van der Waals surface area (Å²) in [5.41, 5.74) is 2.40. The predicted molar refractivity (Wildman–Crippen MR) is 139 cm³/mol. The Morgan fingerprint density at radius 1 is 1.03 bits per heavy atom. The SMILES string of the molecule is C[C@@H]1CC[C@@]2(OC1)O[C@H]1C[C@H]3[C@@H]4CC=C5C[C@@H](OCCOCCO)CC[C@]5(C)[C@H]4CC[C@]3(C)[C@H]1[C@@H]2C. The van der Waals surface area contributed by atoms with E-state index < -0.39 is 0 Å². The summed E-state index contributed by atoms with van der Waals surface area (Å²) < 4.78 is 25.0. The molecule has 0 aromatic carbocycles. The highest BCUT2D eigenvalue weighted by molar-refractivity contribution is 5.26. The van der Waals surface area contributed by atoms with Crippen LogP contribution in [0.15, 0.2) is 11.6 Å². The zero-order valence-corrected chi connectivity index (χ0v) is 23.2. The number of ether oxygens (including phenoxy) is 4. The van der Waals surface area contributed by atoms with Crippen LogP contribution >= 0.6 is 0 Å². The van der Waals surface area contributed by atoms with Crippen molar-refractivity contribution in [2.45, 2.75) is 103 Å². The molecule has 0 bridgehead atoms. The molecule has 6 aliphatic rings. The van der Waals surface area contributed by atoms with Crippen LogP contribution < -0.4 is 0 Å². The maximum Gasteiger partial charge on any atom is 0.171 e. The molecule has 0 radical (unpaired) electrons. The van der Waals surface area contributed by atoms with Crippen LogP contribution in [0, 0.1) is 46.3 Å². The topological polar surface area (TPSA) is 57.2 Å². The Morgan fingerprint density at radius 3 is 2.67 bits per heavy atom. The second-order valence-electron chi connectivity index (χ2n) is 13.8. The zero-order valence-electron chi connectivity index (χ0n) is 23.2. The molecule has 6 rings (SSSR count). The highest BCUT2D eigenvalue weighted by Crippen LogP contribution is 2.70. The first-order valence-electron chi connectivity index (χ1n) is 15.1. The minimum atomic E-state index is -0.306. The van der Waals surface area contributed by atoms with Gasteiger partial charge in [-0.1, -0.05) is 39.3 Å². The van der Waals surface area contributed by atoms with E-state index in [1.807, 2.05) is 0 Å². The number of aliphatic hydroxyl groups is 1. The summed E-state index contributed by atoms with van der Waals surface area (Å²) in [5, 5.41) is 8.88. The van der Waals surface area contributed by atoms with Gasteiger partial charge in [-0.15, -0.1) is 0 Å². The Hall–Kier alpha value is -0.460. The Balaban J connectivity index is 1.14. The fourth-order valence-electron chi connectivity index (χ4n) is 10.2. The van der Waals surface area contributed by atoms with Crippen LogP contribution in [-0.2, 0) is 18.9 Å². The lowest BCUT2D eigenvalue weighted by Crippen LogP contribution is -2.52. The number of rotatable bonds is 6. The minimum Gasteiger partial charge on any atom is -0.394 e. The molecular weight excluding hydrogens is 452 g/mol. The summed E-state index contributed by atoms with van der Waals surface area (Å²) >= 11 is 0. The highest BCUT2D eigenvalue weighted by atomic mass is 16.7. The third-order valence-corrected chi connectivity index (χ3v) is 12.1. The quantitative estimate of drug-likeness (QED) is 0.370. The van der Waals surface area contributed by atoms with Gasteiger partial charge in [0, 0.05) is 12.3 Å². The summed E-state index contributed by atoms with van der Waals surface area (Å²) in [6.45, 7) is 12.5. The van der Waals surface area contributed by atoms with Gasteiger partial charge in [0.05, 0.1) is 45.2 Å². The monoisotopic (exact) mass is 502 g/mol. The van der Waals surface area contributed by atoms with E-state index in [0.717, 1.165) is 43.6 Å². The van der Waals surface area contributed by atoms with Crippen LogP contribution in [0.5, 0.6) is 0 Å². The molecule has 1 spiro atoms. The molecule has 5 fully saturated rings. The van der Waals surface area contributed by atoms with E-state index in [1.54, 1.807) is 5.57 Å². The third kappa shape index (κ3) is 3.97. The van der Waals surface area contributed by atoms with Gasteiger partial charge >= 0.3 is 0 Å². The first kappa shape index (κ1) is 25.8. The van der Waals surface area contributed by atoms with Crippen molar-refractivity contribution in [1.29, 1.82) is 0 Å². The van der Waals surface area contributed by atoms with Gasteiger partial charge in [0.15, 0.2) is 5.79 Å². The van der Waals surface area contributed by atoms with Crippen molar-refractivity contribution in [3.63, 3.8) is 0 Å². The first-order valence-corrected chi connectivity index (χ1v) is 15.1. The lowest BCUT2D eigenvalue weighted by molar-refractivity contribution is -0.272. The van der Waals surface area contributed by atoms with E-state index >= 15 is 0 Å². The zero-order chi connectivity index (χ0) is 25.1. The molecule has 11 atom stereocenters. The molecule has 1 N–H and O–H groups in total. The van der Waals surface area contributed by atoms with Crippen LogP contribution in [0.1, 0.15) is 85.5 Å². The average Bonchev–Trinajstić information content (AvgIpc) is 3.31. The smallest absolute Gasteiger partial charge is 0.171 e. The summed E-state index contributed by atoms with van der Waals surface area (Å²) in [7, 11) is 0. The van der Waals surface area contributed by atoms with E-state index in [-0.39, 0.29) is 12.4 Å². The van der Waals surface area contributed by atoms with E-state index in [2.05, 4.69) is 33.8 Å². The molecule has 36 heavy (non-hydrogen) atoms. The molecule has 3 saturated carbocycles. The van der Waals surface area contributed by atoms with Crippen molar-refractivity contribution in [2.24, 2.45) is 46.3 Å². The second-order valence-corrected chi connectivity index (χ2v) is 13.8. The predicted octanol–water partition coefficient (Wildman–Crippen LogP) is 5.75. The largest absolute Gasteiger partial charge is 0.394 e. The van der Waals surface area contributed by atoms with Gasteiger partial charge in [0.2, 0.25) is 0 Å². The number of hydrogen-bond donors (Lipinski definition) is 1. The molecule has 5 nitrogen and oxygen atoms in total. The van der Waals surface area contributed by atoms with Crippen molar-refractivity contribution < 1.29 is 24.1 Å². The first-order chi connectivity index (χ1) is 17.3. The number of aliphatic hydroxyl groups excluding tert-OH is 1. The van der Waals surface area contributed by atoms with Crippen molar-refractivity contribution in [2.75, 3.05) is 33.0 Å². The average molecular weight is 503 g/mol. The van der Waals surface area contributed by atoms with Crippen LogP contribution in [0.2, 0.25) is 0 Å². The molecule has 5 heteroatoms. The van der Waals surface area contributed by atoms with Crippen molar-refractivity contribution in [3.05, 3.63) is 11.6 Å². The molecule has 2 saturated heterocycles. The Bertz CT molecular complexity index is 833. The Labute approximate surface area is 218 Å². The maximum atomic E-state index is 8.88. The molecular formula is C31H50O5. The van der Waals surface area contributed by atoms with Crippen LogP contribution in [-0.4, -0.2) is 56.1 Å². The number of hydrogen-bond acceptors (Lipinski definition) is 5. The van der Waals surface area contributed by atoms with E-state index in [4.69, 9.17) is 24.1 Å². The molecule has 4 aliphatic carbocycles. The molecule has 0 amide bonds. The number of allylic oxidation sites excluding steroid dienone is 1. The van der Waals surface area contributed by atoms with Gasteiger partial charge in [-0.2, -0.15) is 0 Å². The highest BCUT2D eigenvalue weighted by Gasteiger charge is 2.68. The number of fused-ring (bicyclic) bond motifs is 7. The summed E-state index contributed by atoms with van der Waals surface area (Å²) in [4.78, 5) is 0. The standard InChI is InChI=1S/C31H50O5/c1-20-7-12-31(35-19-20)21(2)28-27(36-31)18-26-24-6-5-22-17-23(34-16-15-33-14-13-32)8-10-29(22,3)25(24)9-11-30(26,28)4/h5,20-21,23-28,32H,6-19H2,1-4H3/t20-,21+,23+,24-,25+,26+,27+,28+,29+,30+,31-/m1/s1. The van der Waals surface area contributed by atoms with Crippen molar-refractivity contribution in [3.8, 4) is 0 Å². The second kappa shape index (κ2) is 9.62. The molecule has 0 unspecified atom stereocenters. The third-order valence-electron chi connectivity index (χ3n) is 12.1. The fraction of sp³-hybridized carbons (Fsp3) is 0.935. The van der Waals surface area contributed by atoms with Gasteiger partial charge in [-0.25, -0.2) is 0 Å². The van der Waals surface area contributed by atoms with E-state index in [0.29, 0.717) is 60.6 Å². The van der Waals surface area contributed by atoms with Gasteiger partial charge in [-0.05, 0) is 91.8 Å². The Morgan fingerprint density at radius 2 is 1.89 bits per heavy atom. The molecule has 2 heterocycles. The van der Waals surface area contributed by atoms with Crippen molar-refractivity contribution in [1.82, 2.24) is 0 Å². The van der Waals surface area contributed by atoms with Gasteiger partial charge in [-0.3, -0.25) is 0 Å². The van der Waals surface area contributed by atoms with Crippen molar-refractivity contribution >= 4 is 0 Å². The summed E-state index contributed by atoms with van der Waals surface area (Å²) in [6.07, 6.45) is 14.4. The van der Waals surface area contributed by atoms with E-state index in [9.17, 15) is 0 Å². The fourth-order valence-corrected chi connectivity index (χ4v) is 10.2. The van der Waals surface area contributed by atoms with E-state index in [1.165, 1.54) is 38.5 Å². The van der Waals surface area contributed by atoms with Crippen LogP contribution in [0.4, 0.5) is 0 Å². The van der Waals surface area contributed by atoms with Gasteiger partial charge in [0.25, 0.3) is 0 Å². The van der Waals surface area contributed by atoms with Gasteiger partial charge in [0.1, 0.15) is 0 Å². The molecule has 204 valence electrons. The molecule has 2 aliphatic heterocycles. The molecule has 0 aromatic rings. The minimum absolute atomic E-state index is 0.0811. The lowest BCUT2D eigenvalue weighted by Gasteiger charge is -2.58. The van der Waals surface area contributed by atoms with Crippen LogP contribution in [0.25, 0.3) is 0 Å². The molecule has 0 aromatic heterocycles. The maximum absolute atomic E-state index is 8.88. The summed E-state index contributed by atoms with van der Waals surface area (Å²) in [5.74, 6) is 3.88. The summed E-state index contributed by atoms with van der Waals surface area (Å²) in [6, 6.07) is 0. The van der Waals surface area contributed by atoms with Crippen LogP contribution in [0.3, 0.4) is 0 Å².